The van der Waals surface area contributed by atoms with E-state index in [0.717, 1.165) is 27.3 Å². The Morgan fingerprint density at radius 1 is 0.318 bits per heavy atom. The van der Waals surface area contributed by atoms with Crippen LogP contribution in [0.3, 0.4) is 0 Å². The molecule has 0 unspecified atom stereocenters. The molecule has 0 aliphatic heterocycles. The highest BCUT2D eigenvalue weighted by atomic mass is 15.0. The topological polar surface area (TPSA) is 9.86 Å². The first-order valence-corrected chi connectivity index (χ1v) is 13.1. The largest absolute Gasteiger partial charge is 0.309 e. The maximum atomic E-state index is 9.77. The van der Waals surface area contributed by atoms with Crippen molar-refractivity contribution in [2.24, 2.45) is 0 Å². The van der Waals surface area contributed by atoms with Gasteiger partial charge in [-0.1, -0.05) is 109 Å². The van der Waals surface area contributed by atoms with E-state index in [1.807, 2.05) is 0 Å². The maximum absolute atomic E-state index is 9.77. The summed E-state index contributed by atoms with van der Waals surface area (Å²) in [5, 5.41) is -1.90. The molecule has 44 heavy (non-hydrogen) atoms. The van der Waals surface area contributed by atoms with Gasteiger partial charge in [0.15, 0.2) is 0 Å². The van der Waals surface area contributed by atoms with E-state index in [9.17, 15) is 9.60 Å². The smallest absolute Gasteiger partial charge is 0.0651 e. The minimum atomic E-state index is -0.972. The standard InChI is InChI=1S/C42H28N2/c1-3-12-29(13-4-1)30-14-11-17-34(26-30)44-40-21-10-8-19-36(40)38-28-32(23-25-42(38)44)31-22-24-41-37(27-31)35-18-7-9-20-39(35)43(41)33-15-5-2-6-16-33/h1-28H/i1D,2D,3D,4D,5D,6D,7D,8D,9D,10D,11D,12D,14D,17D,18D,19D,20D,21D,22D,23D,24D,25D,26D,27D,28D. The quantitative estimate of drug-likeness (QED) is 0.194. The number of fused-ring (bicyclic) bond motifs is 6. The average Bonchev–Trinajstić information content (AvgIpc) is 3.86. The van der Waals surface area contributed by atoms with Gasteiger partial charge in [-0.05, 0) is 82.7 Å². The molecular weight excluding hydrogens is 532 g/mol. The third-order valence-corrected chi connectivity index (χ3v) is 7.06. The van der Waals surface area contributed by atoms with E-state index >= 15 is 0 Å². The summed E-state index contributed by atoms with van der Waals surface area (Å²) in [5.41, 5.74) is -5.33. The van der Waals surface area contributed by atoms with Gasteiger partial charge in [-0.25, -0.2) is 0 Å². The normalized spacial score (nSPS) is 19.6. The molecule has 0 saturated carbocycles. The van der Waals surface area contributed by atoms with E-state index in [4.69, 9.17) is 24.7 Å². The van der Waals surface area contributed by atoms with Gasteiger partial charge in [0.2, 0.25) is 0 Å². The van der Waals surface area contributed by atoms with Gasteiger partial charge in [-0.15, -0.1) is 0 Å². The van der Waals surface area contributed by atoms with Crippen LogP contribution in [0, 0.1) is 0 Å². The number of rotatable bonds is 4. The summed E-state index contributed by atoms with van der Waals surface area (Å²) in [5.74, 6) is 0. The minimum Gasteiger partial charge on any atom is -0.309 e. The molecule has 2 nitrogen and oxygen atoms in total. The van der Waals surface area contributed by atoms with E-state index in [0.29, 0.717) is 0 Å². The Hall–Kier alpha value is -5.86. The van der Waals surface area contributed by atoms with Crippen molar-refractivity contribution in [3.05, 3.63) is 169 Å². The highest BCUT2D eigenvalue weighted by Crippen LogP contribution is 2.38. The van der Waals surface area contributed by atoms with Crippen LogP contribution in [0.4, 0.5) is 0 Å². The minimum absolute atomic E-state index is 0.141. The molecule has 2 heteroatoms. The number of hydrogen-bond donors (Lipinski definition) is 0. The van der Waals surface area contributed by atoms with Crippen molar-refractivity contribution < 1.29 is 34.3 Å². The van der Waals surface area contributed by atoms with E-state index in [1.165, 1.54) is 0 Å². The Morgan fingerprint density at radius 2 is 0.818 bits per heavy atom. The summed E-state index contributed by atoms with van der Waals surface area (Å²) >= 11 is 0. The number of hydrogen-bond acceptors (Lipinski definition) is 0. The second-order valence-corrected chi connectivity index (χ2v) is 9.49. The number of nitrogens with zero attached hydrogens (tertiary/aromatic N) is 2. The monoisotopic (exact) mass is 585 g/mol. The summed E-state index contributed by atoms with van der Waals surface area (Å²) in [7, 11) is 0. The Morgan fingerprint density at radius 3 is 1.50 bits per heavy atom. The predicted molar refractivity (Wildman–Crippen MR) is 186 cm³/mol. The summed E-state index contributed by atoms with van der Waals surface area (Å²) in [6.07, 6.45) is 0. The molecule has 0 amide bonds. The molecule has 2 heterocycles. The van der Waals surface area contributed by atoms with E-state index in [1.54, 1.807) is 0 Å². The van der Waals surface area contributed by atoms with Crippen molar-refractivity contribution in [2.75, 3.05) is 0 Å². The molecule has 7 aromatic carbocycles. The van der Waals surface area contributed by atoms with Gasteiger partial charge in [0.1, 0.15) is 0 Å². The molecule has 0 fully saturated rings. The van der Waals surface area contributed by atoms with E-state index in [2.05, 4.69) is 0 Å². The van der Waals surface area contributed by atoms with Crippen LogP contribution in [0.25, 0.3) is 77.2 Å². The summed E-state index contributed by atoms with van der Waals surface area (Å²) in [6, 6.07) is -16.3. The Bertz CT molecular complexity index is 3880. The fraction of sp³-hybridized carbons (Fsp3) is 0. The van der Waals surface area contributed by atoms with Crippen molar-refractivity contribution in [1.29, 1.82) is 0 Å². The van der Waals surface area contributed by atoms with Crippen LogP contribution < -0.4 is 0 Å². The van der Waals surface area contributed by atoms with Crippen molar-refractivity contribution in [1.82, 2.24) is 9.13 Å². The molecule has 2 aromatic heterocycles. The molecule has 0 N–H and O–H groups in total. The lowest BCUT2D eigenvalue weighted by Crippen LogP contribution is -1.94. The Balaban J connectivity index is 1.50. The number of para-hydroxylation sites is 3. The van der Waals surface area contributed by atoms with Gasteiger partial charge < -0.3 is 9.13 Å². The lowest BCUT2D eigenvalue weighted by Gasteiger charge is -2.11. The summed E-state index contributed by atoms with van der Waals surface area (Å²) < 4.78 is 224. The molecule has 9 aromatic rings. The molecular formula is C42H28N2. The van der Waals surface area contributed by atoms with E-state index < -0.39 is 212 Å². The zero-order valence-electron chi connectivity index (χ0n) is 47.1. The number of aromatic nitrogens is 2. The van der Waals surface area contributed by atoms with Gasteiger partial charge in [0, 0.05) is 32.9 Å². The molecule has 9 rings (SSSR count). The second kappa shape index (κ2) is 9.86. The zero-order chi connectivity index (χ0) is 50.8. The van der Waals surface area contributed by atoms with Gasteiger partial charge in [-0.3, -0.25) is 0 Å². The Kier molecular flexibility index (Phi) is 2.33. The zero-order valence-corrected chi connectivity index (χ0v) is 22.1. The molecule has 0 atom stereocenters. The summed E-state index contributed by atoms with van der Waals surface area (Å²) in [4.78, 5) is 0. The van der Waals surface area contributed by atoms with Crippen LogP contribution in [-0.4, -0.2) is 9.13 Å². The molecule has 0 aliphatic rings. The molecule has 206 valence electrons. The number of benzene rings is 7. The maximum Gasteiger partial charge on any atom is 0.0651 e. The van der Waals surface area contributed by atoms with Crippen LogP contribution in [-0.2, 0) is 0 Å². The lowest BCUT2D eigenvalue weighted by molar-refractivity contribution is 1.18. The molecule has 0 spiro atoms. The Labute approximate surface area is 290 Å². The summed E-state index contributed by atoms with van der Waals surface area (Å²) in [6.45, 7) is 0. The third kappa shape index (κ3) is 3.82. The second-order valence-electron chi connectivity index (χ2n) is 9.49. The van der Waals surface area contributed by atoms with E-state index in [-0.39, 0.29) is 16.6 Å². The molecule has 0 radical (unpaired) electrons. The first-order chi connectivity index (χ1) is 32.2. The van der Waals surface area contributed by atoms with Crippen LogP contribution in [0.15, 0.2) is 169 Å². The van der Waals surface area contributed by atoms with Crippen LogP contribution in [0.5, 0.6) is 0 Å². The fourth-order valence-electron chi connectivity index (χ4n) is 5.19. The van der Waals surface area contributed by atoms with Crippen molar-refractivity contribution in [3.63, 3.8) is 0 Å². The van der Waals surface area contributed by atoms with Crippen molar-refractivity contribution in [2.45, 2.75) is 0 Å². The van der Waals surface area contributed by atoms with Gasteiger partial charge in [0.05, 0.1) is 56.3 Å². The van der Waals surface area contributed by atoms with Crippen LogP contribution in [0.1, 0.15) is 34.3 Å². The van der Waals surface area contributed by atoms with Crippen LogP contribution >= 0.6 is 0 Å². The highest BCUT2D eigenvalue weighted by molar-refractivity contribution is 6.12. The first-order valence-electron chi connectivity index (χ1n) is 25.6. The SMILES string of the molecule is [2H]c1cc(-n2c3c([2H])c([2H])c([2H])c([2H])c3c3c([2H])c(-c4c([2H])c([2H])c5c(c4[2H])c4c([2H])c([2H])c([2H])c([2H])c4n5-c4c([2H])c([2H])c([2H])c(-c5cc([2H])c([2H])c([2H])c5[2H])c4[2H])c([2H])c([2H])c32)cc([2H])c1[2H]. The van der Waals surface area contributed by atoms with Crippen molar-refractivity contribution in [3.8, 4) is 33.6 Å². The van der Waals surface area contributed by atoms with Crippen molar-refractivity contribution >= 4 is 43.6 Å². The average molecular weight is 586 g/mol. The van der Waals surface area contributed by atoms with Crippen LogP contribution in [0.2, 0.25) is 0 Å². The lowest BCUT2D eigenvalue weighted by atomic mass is 10.0. The predicted octanol–water partition coefficient (Wildman–Crippen LogP) is 11.2. The van der Waals surface area contributed by atoms with Gasteiger partial charge >= 0.3 is 0 Å². The van der Waals surface area contributed by atoms with Gasteiger partial charge in [0.25, 0.3) is 0 Å². The fourth-order valence-corrected chi connectivity index (χ4v) is 5.19. The first kappa shape index (κ1) is 10.4. The molecule has 0 saturated heterocycles. The third-order valence-electron chi connectivity index (χ3n) is 7.06. The van der Waals surface area contributed by atoms with Gasteiger partial charge in [-0.2, -0.15) is 0 Å². The molecule has 0 aliphatic carbocycles. The molecule has 0 bridgehead atoms. The highest BCUT2D eigenvalue weighted by Gasteiger charge is 2.16.